The zero-order valence-electron chi connectivity index (χ0n) is 13.2. The molecular formula is C17H13F6NO2. The number of anilines is 1. The average molecular weight is 377 g/mol. The van der Waals surface area contributed by atoms with Crippen LogP contribution in [0, 0.1) is 0 Å². The van der Waals surface area contributed by atoms with Gasteiger partial charge < -0.3 is 10.4 Å². The molecule has 0 atom stereocenters. The zero-order chi connectivity index (χ0) is 19.8. The molecule has 0 aliphatic rings. The molecule has 0 spiro atoms. The Labute approximate surface area is 144 Å². The van der Waals surface area contributed by atoms with E-state index in [9.17, 15) is 36.2 Å². The second kappa shape index (κ2) is 6.64. The van der Waals surface area contributed by atoms with Gasteiger partial charge in [0.25, 0.3) is 5.60 Å². The van der Waals surface area contributed by atoms with E-state index >= 15 is 0 Å². The van der Waals surface area contributed by atoms with Gasteiger partial charge in [-0.2, -0.15) is 26.3 Å². The van der Waals surface area contributed by atoms with Gasteiger partial charge in [-0.15, -0.1) is 0 Å². The van der Waals surface area contributed by atoms with Crippen LogP contribution in [0.4, 0.5) is 32.0 Å². The van der Waals surface area contributed by atoms with E-state index in [1.165, 1.54) is 19.1 Å². The molecule has 2 N–H and O–H groups in total. The van der Waals surface area contributed by atoms with Gasteiger partial charge >= 0.3 is 12.4 Å². The Bertz CT molecular complexity index is 765. The van der Waals surface area contributed by atoms with Crippen molar-refractivity contribution in [2.75, 3.05) is 5.32 Å². The van der Waals surface area contributed by atoms with Gasteiger partial charge in [0.05, 0.1) is 0 Å². The summed E-state index contributed by atoms with van der Waals surface area (Å²) in [5.41, 5.74) is -4.94. The molecule has 0 heterocycles. The third-order valence-electron chi connectivity index (χ3n) is 3.66. The van der Waals surface area contributed by atoms with Gasteiger partial charge in [0.1, 0.15) is 0 Å². The minimum Gasteiger partial charge on any atom is -0.369 e. The summed E-state index contributed by atoms with van der Waals surface area (Å²) in [6, 6.07) is 9.41. The fourth-order valence-electron chi connectivity index (χ4n) is 2.34. The third kappa shape index (κ3) is 3.67. The highest BCUT2D eigenvalue weighted by Gasteiger charge is 2.71. The lowest BCUT2D eigenvalue weighted by molar-refractivity contribution is -0.376. The van der Waals surface area contributed by atoms with E-state index in [0.717, 1.165) is 12.1 Å². The number of amides is 1. The van der Waals surface area contributed by atoms with Crippen LogP contribution < -0.4 is 5.32 Å². The number of alkyl halides is 6. The summed E-state index contributed by atoms with van der Waals surface area (Å²) >= 11 is 0. The van der Waals surface area contributed by atoms with E-state index < -0.39 is 23.5 Å². The van der Waals surface area contributed by atoms with Gasteiger partial charge in [-0.3, -0.25) is 4.79 Å². The lowest BCUT2D eigenvalue weighted by Crippen LogP contribution is -2.53. The van der Waals surface area contributed by atoms with Crippen molar-refractivity contribution in [3.8, 4) is 11.1 Å². The van der Waals surface area contributed by atoms with E-state index in [1.807, 2.05) is 0 Å². The van der Waals surface area contributed by atoms with Crippen LogP contribution >= 0.6 is 0 Å². The largest absolute Gasteiger partial charge is 0.430 e. The Hall–Kier alpha value is -2.55. The number of aliphatic hydroxyl groups is 1. The molecule has 26 heavy (non-hydrogen) atoms. The molecule has 0 aliphatic heterocycles. The second-order valence-electron chi connectivity index (χ2n) is 5.54. The molecule has 0 bridgehead atoms. The zero-order valence-corrected chi connectivity index (χ0v) is 13.2. The number of benzene rings is 2. The Kier molecular flexibility index (Phi) is 5.05. The van der Waals surface area contributed by atoms with E-state index in [-0.39, 0.29) is 5.91 Å². The van der Waals surface area contributed by atoms with Crippen LogP contribution in [0.2, 0.25) is 0 Å². The number of hydrogen-bond donors (Lipinski definition) is 2. The van der Waals surface area contributed by atoms with Crippen molar-refractivity contribution in [1.82, 2.24) is 0 Å². The molecule has 2 rings (SSSR count). The van der Waals surface area contributed by atoms with Gasteiger partial charge in [-0.05, 0) is 23.3 Å². The molecule has 0 aromatic heterocycles. The molecule has 140 valence electrons. The number of nitrogens with one attached hydrogen (secondary N) is 1. The topological polar surface area (TPSA) is 49.3 Å². The Morgan fingerprint density at radius 1 is 0.808 bits per heavy atom. The Morgan fingerprint density at radius 2 is 1.19 bits per heavy atom. The molecule has 3 nitrogen and oxygen atoms in total. The van der Waals surface area contributed by atoms with Crippen LogP contribution in [0.25, 0.3) is 11.1 Å². The molecule has 0 aliphatic carbocycles. The SMILES string of the molecule is CC(=O)Nc1ccc(-c2ccc(C(O)(C(F)(F)F)C(F)(F)F)cc2)cc1. The number of hydrogen-bond acceptors (Lipinski definition) is 2. The molecular weight excluding hydrogens is 364 g/mol. The maximum absolute atomic E-state index is 12.9. The van der Waals surface area contributed by atoms with Crippen molar-refractivity contribution in [3.63, 3.8) is 0 Å². The first-order valence-corrected chi connectivity index (χ1v) is 7.20. The van der Waals surface area contributed by atoms with E-state index in [4.69, 9.17) is 0 Å². The standard InChI is InChI=1S/C17H13F6NO2/c1-10(25)24-14-8-4-12(5-9-14)11-2-6-13(7-3-11)15(26,16(18,19)20)17(21,22)23/h2-9,26H,1H3,(H,24,25). The molecule has 0 saturated heterocycles. The van der Waals surface area contributed by atoms with Gasteiger partial charge in [0, 0.05) is 18.2 Å². The van der Waals surface area contributed by atoms with Gasteiger partial charge in [-0.25, -0.2) is 0 Å². The minimum absolute atomic E-state index is 0.291. The normalized spacial score (nSPS) is 12.8. The molecule has 9 heteroatoms. The van der Waals surface area contributed by atoms with Crippen LogP contribution in [0.1, 0.15) is 12.5 Å². The average Bonchev–Trinajstić information content (AvgIpc) is 2.52. The first-order chi connectivity index (χ1) is 11.9. The summed E-state index contributed by atoms with van der Waals surface area (Å²) in [7, 11) is 0. The van der Waals surface area contributed by atoms with Gasteiger partial charge in [0.2, 0.25) is 5.91 Å². The maximum Gasteiger partial charge on any atom is 0.430 e. The number of halogens is 6. The van der Waals surface area contributed by atoms with Crippen LogP contribution in [0.5, 0.6) is 0 Å². The van der Waals surface area contributed by atoms with Crippen molar-refractivity contribution >= 4 is 11.6 Å². The van der Waals surface area contributed by atoms with Crippen molar-refractivity contribution in [2.45, 2.75) is 24.9 Å². The highest BCUT2D eigenvalue weighted by atomic mass is 19.4. The van der Waals surface area contributed by atoms with Crippen molar-refractivity contribution in [2.24, 2.45) is 0 Å². The number of rotatable bonds is 3. The van der Waals surface area contributed by atoms with Crippen molar-refractivity contribution in [1.29, 1.82) is 0 Å². The Morgan fingerprint density at radius 3 is 1.54 bits per heavy atom. The monoisotopic (exact) mass is 377 g/mol. The molecule has 2 aromatic rings. The third-order valence-corrected chi connectivity index (χ3v) is 3.66. The lowest BCUT2D eigenvalue weighted by atomic mass is 9.90. The summed E-state index contributed by atoms with van der Waals surface area (Å²) in [4.78, 5) is 10.9. The molecule has 1 amide bonds. The quantitative estimate of drug-likeness (QED) is 0.767. The summed E-state index contributed by atoms with van der Waals surface area (Å²) in [5, 5.41) is 11.9. The van der Waals surface area contributed by atoms with E-state index in [1.54, 1.807) is 12.1 Å². The molecule has 2 aromatic carbocycles. The Balaban J connectivity index is 2.37. The molecule has 0 unspecified atom stereocenters. The van der Waals surface area contributed by atoms with Crippen molar-refractivity contribution < 1.29 is 36.2 Å². The summed E-state index contributed by atoms with van der Waals surface area (Å²) in [6.45, 7) is 1.31. The lowest BCUT2D eigenvalue weighted by Gasteiger charge is -2.32. The van der Waals surface area contributed by atoms with Crippen molar-refractivity contribution in [3.05, 3.63) is 54.1 Å². The minimum atomic E-state index is -5.92. The first kappa shape index (κ1) is 19.8. The van der Waals surface area contributed by atoms with E-state index in [0.29, 0.717) is 28.9 Å². The smallest absolute Gasteiger partial charge is 0.369 e. The van der Waals surface area contributed by atoms with Gasteiger partial charge in [0.15, 0.2) is 0 Å². The van der Waals surface area contributed by atoms with Crippen LogP contribution in [-0.4, -0.2) is 23.4 Å². The highest BCUT2D eigenvalue weighted by Crippen LogP contribution is 2.50. The molecule has 0 radical (unpaired) electrons. The predicted molar refractivity (Wildman–Crippen MR) is 82.2 cm³/mol. The number of carbonyl (C=O) groups excluding carboxylic acids is 1. The van der Waals surface area contributed by atoms with Gasteiger partial charge in [-0.1, -0.05) is 36.4 Å². The number of carbonyl (C=O) groups is 1. The second-order valence-corrected chi connectivity index (χ2v) is 5.54. The van der Waals surface area contributed by atoms with Crippen LogP contribution in [0.3, 0.4) is 0 Å². The molecule has 0 saturated carbocycles. The molecule has 0 fully saturated rings. The van der Waals surface area contributed by atoms with E-state index in [2.05, 4.69) is 5.32 Å². The highest BCUT2D eigenvalue weighted by molar-refractivity contribution is 5.89. The van der Waals surface area contributed by atoms with Crippen LogP contribution in [-0.2, 0) is 10.4 Å². The fourth-order valence-corrected chi connectivity index (χ4v) is 2.34. The summed E-state index contributed by atoms with van der Waals surface area (Å²) < 4.78 is 77.1. The first-order valence-electron chi connectivity index (χ1n) is 7.20. The summed E-state index contributed by atoms with van der Waals surface area (Å²) in [5.74, 6) is -0.291. The predicted octanol–water partition coefficient (Wildman–Crippen LogP) is 4.62. The van der Waals surface area contributed by atoms with Crippen LogP contribution in [0.15, 0.2) is 48.5 Å². The fraction of sp³-hybridized carbons (Fsp3) is 0.235. The maximum atomic E-state index is 12.9. The summed E-state index contributed by atoms with van der Waals surface area (Å²) in [6.07, 6.45) is -11.8.